The number of nitrogens with zero attached hydrogens (tertiary/aromatic N) is 1. The number of unbranched alkanes of at least 4 members (excludes halogenated alkanes) is 1. The topological polar surface area (TPSA) is 82.6 Å². The number of nitrogens with one attached hydrogen (secondary N) is 1. The number of likely N-dealkylation sites (tertiary alicyclic amines) is 1. The lowest BCUT2D eigenvalue weighted by molar-refractivity contribution is -0.138. The molecule has 140 valence electrons. The van der Waals surface area contributed by atoms with E-state index in [9.17, 15) is 9.59 Å². The van der Waals surface area contributed by atoms with Crippen molar-refractivity contribution in [1.29, 1.82) is 0 Å². The first-order chi connectivity index (χ1) is 12.6. The highest BCUT2D eigenvalue weighted by atomic mass is 16.5. The molecule has 0 saturated carbocycles. The van der Waals surface area contributed by atoms with E-state index in [1.165, 1.54) is 31.5 Å². The van der Waals surface area contributed by atoms with Crippen LogP contribution in [0, 0.1) is 0 Å². The van der Waals surface area contributed by atoms with Gasteiger partial charge in [0, 0.05) is 31.0 Å². The third-order valence-corrected chi connectivity index (χ3v) is 4.90. The van der Waals surface area contributed by atoms with Crippen molar-refractivity contribution in [2.75, 3.05) is 19.6 Å². The van der Waals surface area contributed by atoms with Crippen molar-refractivity contribution in [3.05, 3.63) is 30.0 Å². The molecule has 26 heavy (non-hydrogen) atoms. The molecule has 1 fully saturated rings. The molecule has 0 bridgehead atoms. The molecule has 2 N–H and O–H groups in total. The van der Waals surface area contributed by atoms with Gasteiger partial charge in [0.15, 0.2) is 5.75 Å². The number of carbonyl (C=O) groups excluding carboxylic acids is 1. The summed E-state index contributed by atoms with van der Waals surface area (Å²) in [5, 5.41) is 9.72. The molecule has 2 heterocycles. The molecule has 6 heteroatoms. The maximum atomic E-state index is 12.0. The molecule has 2 aromatic rings. The Balaban J connectivity index is 1.58. The van der Waals surface area contributed by atoms with Gasteiger partial charge in [-0.25, -0.2) is 0 Å². The number of ether oxygens (including phenoxy) is 1. The Morgan fingerprint density at radius 2 is 1.92 bits per heavy atom. The smallest absolute Gasteiger partial charge is 0.311 e. The van der Waals surface area contributed by atoms with Gasteiger partial charge in [0.1, 0.15) is 0 Å². The quantitative estimate of drug-likeness (QED) is 0.408. The second kappa shape index (κ2) is 8.85. The van der Waals surface area contributed by atoms with Crippen LogP contribution in [0.1, 0.15) is 44.1 Å². The number of hydrogen-bond donors (Lipinski definition) is 2. The standard InChI is InChI=1S/C20H26N2O4/c23-18(24)8-1-2-9-19(25)26-17-7-5-6-16-15(14-21-20(16)17)10-13-22-11-3-4-12-22/h5-7,14,21H,1-4,8-13H2,(H,23,24). The van der Waals surface area contributed by atoms with Crippen LogP contribution in [0.2, 0.25) is 0 Å². The highest BCUT2D eigenvalue weighted by Gasteiger charge is 2.14. The van der Waals surface area contributed by atoms with Crippen LogP contribution in [0.4, 0.5) is 0 Å². The fourth-order valence-corrected chi connectivity index (χ4v) is 3.48. The van der Waals surface area contributed by atoms with Crippen LogP contribution >= 0.6 is 0 Å². The van der Waals surface area contributed by atoms with E-state index in [2.05, 4.69) is 16.0 Å². The van der Waals surface area contributed by atoms with Crippen molar-refractivity contribution in [3.8, 4) is 5.75 Å². The summed E-state index contributed by atoms with van der Waals surface area (Å²) in [6.45, 7) is 3.43. The minimum Gasteiger partial charge on any atom is -0.481 e. The number of esters is 1. The SMILES string of the molecule is O=C(O)CCCCC(=O)Oc1cccc2c(CCN3CCCC3)c[nH]c12. The highest BCUT2D eigenvalue weighted by Crippen LogP contribution is 2.28. The lowest BCUT2D eigenvalue weighted by Gasteiger charge is -2.13. The zero-order valence-corrected chi connectivity index (χ0v) is 15.0. The molecule has 0 radical (unpaired) electrons. The zero-order chi connectivity index (χ0) is 18.4. The Kier molecular flexibility index (Phi) is 6.28. The summed E-state index contributed by atoms with van der Waals surface area (Å²) < 4.78 is 5.50. The molecular formula is C20H26N2O4. The third kappa shape index (κ3) is 4.85. The summed E-state index contributed by atoms with van der Waals surface area (Å²) in [5.41, 5.74) is 2.09. The van der Waals surface area contributed by atoms with Crippen molar-refractivity contribution in [2.45, 2.75) is 44.9 Å². The van der Waals surface area contributed by atoms with Crippen LogP contribution < -0.4 is 4.74 Å². The fraction of sp³-hybridized carbons (Fsp3) is 0.500. The predicted octanol–water partition coefficient (Wildman–Crippen LogP) is 3.36. The van der Waals surface area contributed by atoms with Gasteiger partial charge in [0.25, 0.3) is 0 Å². The molecule has 6 nitrogen and oxygen atoms in total. The minimum atomic E-state index is -0.837. The average Bonchev–Trinajstić information content (AvgIpc) is 3.27. The number of carbonyl (C=O) groups is 2. The van der Waals surface area contributed by atoms with Crippen molar-refractivity contribution in [2.24, 2.45) is 0 Å². The number of benzene rings is 1. The number of hydrogen-bond acceptors (Lipinski definition) is 4. The minimum absolute atomic E-state index is 0.0832. The molecule has 1 aliphatic heterocycles. The fourth-order valence-electron chi connectivity index (χ4n) is 3.48. The number of carboxylic acids is 1. The first kappa shape index (κ1) is 18.5. The molecule has 0 atom stereocenters. The van der Waals surface area contributed by atoms with Gasteiger partial charge in [-0.15, -0.1) is 0 Å². The van der Waals surface area contributed by atoms with Crippen LogP contribution in [0.25, 0.3) is 10.9 Å². The number of aromatic amines is 1. The monoisotopic (exact) mass is 358 g/mol. The van der Waals surface area contributed by atoms with Crippen molar-refractivity contribution in [1.82, 2.24) is 9.88 Å². The first-order valence-corrected chi connectivity index (χ1v) is 9.37. The van der Waals surface area contributed by atoms with Gasteiger partial charge in [-0.05, 0) is 56.8 Å². The number of H-pyrrole nitrogens is 1. The molecular weight excluding hydrogens is 332 g/mol. The van der Waals surface area contributed by atoms with E-state index >= 15 is 0 Å². The second-order valence-corrected chi connectivity index (χ2v) is 6.87. The second-order valence-electron chi connectivity index (χ2n) is 6.87. The van der Waals surface area contributed by atoms with Crippen LogP contribution in [0.3, 0.4) is 0 Å². The lowest BCUT2D eigenvalue weighted by atomic mass is 10.1. The average molecular weight is 358 g/mol. The molecule has 0 amide bonds. The normalized spacial score (nSPS) is 14.8. The summed E-state index contributed by atoms with van der Waals surface area (Å²) in [6, 6.07) is 5.75. The Hall–Kier alpha value is -2.34. The van der Waals surface area contributed by atoms with E-state index in [1.54, 1.807) is 6.07 Å². The molecule has 3 rings (SSSR count). The van der Waals surface area contributed by atoms with Gasteiger partial charge in [-0.1, -0.05) is 12.1 Å². The van der Waals surface area contributed by atoms with Crippen LogP contribution in [-0.2, 0) is 16.0 Å². The number of fused-ring (bicyclic) bond motifs is 1. The van der Waals surface area contributed by atoms with Gasteiger partial charge in [-0.2, -0.15) is 0 Å². The predicted molar refractivity (Wildman–Crippen MR) is 99.4 cm³/mol. The summed E-state index contributed by atoms with van der Waals surface area (Å²) in [5.74, 6) is -0.620. The van der Waals surface area contributed by atoms with E-state index in [1.807, 2.05) is 12.3 Å². The van der Waals surface area contributed by atoms with E-state index in [0.29, 0.717) is 18.6 Å². The number of carboxylic acid groups (broad SMARTS) is 1. The van der Waals surface area contributed by atoms with Gasteiger partial charge >= 0.3 is 11.9 Å². The van der Waals surface area contributed by atoms with Crippen molar-refractivity contribution in [3.63, 3.8) is 0 Å². The number of rotatable bonds is 9. The van der Waals surface area contributed by atoms with Gasteiger partial charge in [0.2, 0.25) is 0 Å². The number of para-hydroxylation sites is 1. The molecule has 1 aromatic heterocycles. The molecule has 1 aromatic carbocycles. The van der Waals surface area contributed by atoms with E-state index in [0.717, 1.165) is 23.9 Å². The lowest BCUT2D eigenvalue weighted by Crippen LogP contribution is -2.21. The summed E-state index contributed by atoms with van der Waals surface area (Å²) in [6.07, 6.45) is 6.88. The Morgan fingerprint density at radius 3 is 2.69 bits per heavy atom. The zero-order valence-electron chi connectivity index (χ0n) is 15.0. The van der Waals surface area contributed by atoms with Gasteiger partial charge in [0.05, 0.1) is 5.52 Å². The maximum absolute atomic E-state index is 12.0. The summed E-state index contributed by atoms with van der Waals surface area (Å²) >= 11 is 0. The van der Waals surface area contributed by atoms with Crippen LogP contribution in [0.5, 0.6) is 5.75 Å². The molecule has 0 spiro atoms. The first-order valence-electron chi connectivity index (χ1n) is 9.37. The summed E-state index contributed by atoms with van der Waals surface area (Å²) in [4.78, 5) is 28.2. The van der Waals surface area contributed by atoms with E-state index < -0.39 is 5.97 Å². The number of aromatic nitrogens is 1. The van der Waals surface area contributed by atoms with E-state index in [-0.39, 0.29) is 18.8 Å². The third-order valence-electron chi connectivity index (χ3n) is 4.90. The largest absolute Gasteiger partial charge is 0.481 e. The maximum Gasteiger partial charge on any atom is 0.311 e. The van der Waals surface area contributed by atoms with Crippen molar-refractivity contribution < 1.29 is 19.4 Å². The van der Waals surface area contributed by atoms with E-state index in [4.69, 9.17) is 9.84 Å². The number of aliphatic carboxylic acids is 1. The van der Waals surface area contributed by atoms with Crippen LogP contribution in [-0.4, -0.2) is 46.6 Å². The molecule has 1 saturated heterocycles. The van der Waals surface area contributed by atoms with Gasteiger partial charge < -0.3 is 19.7 Å². The molecule has 1 aliphatic rings. The Morgan fingerprint density at radius 1 is 1.15 bits per heavy atom. The molecule has 0 unspecified atom stereocenters. The van der Waals surface area contributed by atoms with Crippen molar-refractivity contribution >= 4 is 22.8 Å². The molecule has 0 aliphatic carbocycles. The summed E-state index contributed by atoms with van der Waals surface area (Å²) in [7, 11) is 0. The Labute approximate surface area is 153 Å². The highest BCUT2D eigenvalue weighted by molar-refractivity contribution is 5.90. The Bertz CT molecular complexity index is 762. The van der Waals surface area contributed by atoms with Crippen LogP contribution in [0.15, 0.2) is 24.4 Å². The van der Waals surface area contributed by atoms with Gasteiger partial charge in [-0.3, -0.25) is 9.59 Å².